The van der Waals surface area contributed by atoms with Crippen molar-refractivity contribution >= 4 is 0 Å². The zero-order valence-electron chi connectivity index (χ0n) is 16.0. The summed E-state index contributed by atoms with van der Waals surface area (Å²) in [5, 5.41) is -4.55. The number of alkyl halides is 21. The largest absolute Gasteiger partial charge is 0.451 e. The van der Waals surface area contributed by atoms with E-state index in [4.69, 9.17) is 0 Å². The summed E-state index contributed by atoms with van der Waals surface area (Å²) in [4.78, 5) is 0. The third kappa shape index (κ3) is 2.05. The van der Waals surface area contributed by atoms with Gasteiger partial charge in [0.1, 0.15) is 0 Å². The molecular weight excluding hydrogens is 623 g/mol. The quantitative estimate of drug-likeness (QED) is 0.199. The smallest absolute Gasteiger partial charge is 0.272 e. The molecule has 0 aromatic carbocycles. The lowest BCUT2D eigenvalue weighted by Gasteiger charge is -2.74. The van der Waals surface area contributed by atoms with E-state index in [0.29, 0.717) is 0 Å². The monoisotopic (exact) mass is 623 g/mol. The van der Waals surface area contributed by atoms with Crippen LogP contribution in [0.1, 0.15) is 0 Å². The van der Waals surface area contributed by atoms with Crippen LogP contribution in [0.2, 0.25) is 0 Å². The first-order valence-electron chi connectivity index (χ1n) is 8.44. The lowest BCUT2D eigenvalue weighted by Crippen LogP contribution is -3.09. The van der Waals surface area contributed by atoms with Gasteiger partial charge in [-0.2, -0.15) is 65.9 Å². The number of nitrogens with zero attached hydrogens (tertiary/aromatic N) is 1. The molecule has 4 aliphatic carbocycles. The highest BCUT2D eigenvalue weighted by Gasteiger charge is 3.24. The number of halogens is 23. The molecule has 0 aromatic heterocycles. The van der Waals surface area contributed by atoms with Crippen molar-refractivity contribution in [3.8, 4) is 0 Å². The number of ether oxygens (including phenoxy) is 1. The molecule has 224 valence electrons. The van der Waals surface area contributed by atoms with Crippen molar-refractivity contribution in [1.29, 1.82) is 0 Å². The van der Waals surface area contributed by atoms with Gasteiger partial charge < -0.3 is 0 Å². The third-order valence-corrected chi connectivity index (χ3v) is 6.48. The topological polar surface area (TPSA) is 12.5 Å². The molecule has 4 saturated carbocycles. The molecule has 1 unspecified atom stereocenters. The summed E-state index contributed by atoms with van der Waals surface area (Å²) in [5.41, 5.74) is -34.4. The van der Waals surface area contributed by atoms with Gasteiger partial charge in [-0.1, -0.05) is 8.96 Å². The van der Waals surface area contributed by atoms with E-state index in [0.717, 1.165) is 0 Å². The summed E-state index contributed by atoms with van der Waals surface area (Å²) < 4.78 is 322. The molecule has 38 heavy (non-hydrogen) atoms. The van der Waals surface area contributed by atoms with E-state index in [1.54, 1.807) is 0 Å². The Kier molecular flexibility index (Phi) is 5.23. The van der Waals surface area contributed by atoms with Crippen molar-refractivity contribution in [3.63, 3.8) is 0 Å². The normalized spacial score (nSPS) is 45.8. The second kappa shape index (κ2) is 6.44. The van der Waals surface area contributed by atoms with Crippen LogP contribution in [0.25, 0.3) is 0 Å². The van der Waals surface area contributed by atoms with Gasteiger partial charge in [0.15, 0.2) is 0 Å². The number of rotatable bonds is 4. The molecule has 1 atom stereocenters. The van der Waals surface area contributed by atoms with Crippen molar-refractivity contribution in [2.24, 2.45) is 0 Å². The van der Waals surface area contributed by atoms with Crippen LogP contribution in [0, 0.1) is 0 Å². The highest BCUT2D eigenvalue weighted by Crippen LogP contribution is 2.89. The van der Waals surface area contributed by atoms with Crippen LogP contribution >= 0.6 is 0 Å². The Bertz CT molecular complexity index is 958. The van der Waals surface area contributed by atoms with Crippen LogP contribution in [-0.4, -0.2) is 81.6 Å². The summed E-state index contributed by atoms with van der Waals surface area (Å²) >= 11 is 0. The number of hydrogen-bond acceptors (Lipinski definition) is 2. The van der Waals surface area contributed by atoms with Gasteiger partial charge in [0.25, 0.3) is 0 Å². The molecule has 25 heteroatoms. The third-order valence-electron chi connectivity index (χ3n) is 6.48. The standard InChI is InChI=1S/C13F23NO/c14-1-5(18,19)2(15)8(24,25)3(16,6(1,20)21)11(29,4(17,7(1,22)23)9(2,26)27)38-13(33,34)10(28,37(35)36)12(30,31)32. The Hall–Kier alpha value is -1.69. The molecular formula is C13F23NO. The fraction of sp³-hybridized carbons (Fsp3) is 1.00. The van der Waals surface area contributed by atoms with Crippen LogP contribution in [0.4, 0.5) is 101 Å². The molecule has 4 aliphatic rings. The average Bonchev–Trinajstić information content (AvgIpc) is 2.70. The first kappa shape index (κ1) is 30.8. The summed E-state index contributed by atoms with van der Waals surface area (Å²) in [5.74, 6) is -60.3. The highest BCUT2D eigenvalue weighted by molar-refractivity contribution is 5.54. The maximum atomic E-state index is 15.1. The Morgan fingerprint density at radius 1 is 0.421 bits per heavy atom. The summed E-state index contributed by atoms with van der Waals surface area (Å²) in [6, 6.07) is 0. The van der Waals surface area contributed by atoms with Gasteiger partial charge in [0.2, 0.25) is 0 Å². The molecule has 2 nitrogen and oxygen atoms in total. The highest BCUT2D eigenvalue weighted by atomic mass is 19.4. The first-order valence-corrected chi connectivity index (χ1v) is 8.44. The van der Waals surface area contributed by atoms with E-state index >= 15 is 13.2 Å². The molecule has 0 amide bonds. The zero-order chi connectivity index (χ0) is 30.8. The maximum Gasteiger partial charge on any atom is 0.451 e. The second-order valence-electron chi connectivity index (χ2n) is 8.07. The minimum atomic E-state index is -8.87. The van der Waals surface area contributed by atoms with E-state index < -0.39 is 81.6 Å². The van der Waals surface area contributed by atoms with Crippen molar-refractivity contribution in [1.82, 2.24) is 5.34 Å². The fourth-order valence-corrected chi connectivity index (χ4v) is 4.55. The lowest BCUT2D eigenvalue weighted by atomic mass is 9.40. The molecule has 4 rings (SSSR count). The second-order valence-corrected chi connectivity index (χ2v) is 8.07. The SMILES string of the molecule is FN(F)C(F)(C(F)(F)F)C(F)(F)OC1(F)C2(F)C(F)(F)C3(F)C(F)(F)C(F)(C2(F)F)C(F)(F)C1(F)C3(F)F. The summed E-state index contributed by atoms with van der Waals surface area (Å²) in [7, 11) is 0. The van der Waals surface area contributed by atoms with Crippen LogP contribution in [0.5, 0.6) is 0 Å². The lowest BCUT2D eigenvalue weighted by molar-refractivity contribution is -0.634. The van der Waals surface area contributed by atoms with Gasteiger partial charge in [-0.05, 0) is 0 Å². The van der Waals surface area contributed by atoms with Crippen molar-refractivity contribution < 1.29 is 106 Å². The first-order chi connectivity index (χ1) is 16.2. The van der Waals surface area contributed by atoms with E-state index in [1.165, 1.54) is 4.74 Å². The summed E-state index contributed by atoms with van der Waals surface area (Å²) in [6.07, 6.45) is -16.7. The summed E-state index contributed by atoms with van der Waals surface area (Å²) in [6.45, 7) is 0. The van der Waals surface area contributed by atoms with Gasteiger partial charge in [0, 0.05) is 0 Å². The van der Waals surface area contributed by atoms with Crippen molar-refractivity contribution in [2.75, 3.05) is 0 Å². The average molecular weight is 623 g/mol. The molecule has 0 saturated heterocycles. The van der Waals surface area contributed by atoms with E-state index in [1.807, 2.05) is 0 Å². The molecule has 4 fully saturated rings. The van der Waals surface area contributed by atoms with Gasteiger partial charge in [0.05, 0.1) is 5.34 Å². The number of hydrogen-bond donors (Lipinski definition) is 0. The minimum Gasteiger partial charge on any atom is -0.272 e. The van der Waals surface area contributed by atoms with Gasteiger partial charge in [-0.25, -0.2) is 26.3 Å². The minimum absolute atomic E-state index is 1.30. The van der Waals surface area contributed by atoms with Crippen LogP contribution in [0.15, 0.2) is 0 Å². The van der Waals surface area contributed by atoms with Crippen LogP contribution < -0.4 is 0 Å². The predicted octanol–water partition coefficient (Wildman–Crippen LogP) is 6.61. The zero-order valence-corrected chi connectivity index (χ0v) is 16.0. The van der Waals surface area contributed by atoms with Crippen LogP contribution in [0.3, 0.4) is 0 Å². The Labute approximate surface area is 189 Å². The molecule has 0 aromatic rings. The maximum absolute atomic E-state index is 15.1. The van der Waals surface area contributed by atoms with Crippen LogP contribution in [-0.2, 0) is 4.74 Å². The fourth-order valence-electron chi connectivity index (χ4n) is 4.55. The molecule has 4 bridgehead atoms. The van der Waals surface area contributed by atoms with Crippen molar-refractivity contribution in [2.45, 2.75) is 76.2 Å². The van der Waals surface area contributed by atoms with Gasteiger partial charge in [-0.15, -0.1) is 0 Å². The molecule has 0 radical (unpaired) electrons. The Morgan fingerprint density at radius 3 is 0.868 bits per heavy atom. The van der Waals surface area contributed by atoms with E-state index in [9.17, 15) is 88.0 Å². The Morgan fingerprint density at radius 2 is 0.658 bits per heavy atom. The van der Waals surface area contributed by atoms with E-state index in [-0.39, 0.29) is 0 Å². The molecule has 0 spiro atoms. The molecule has 0 N–H and O–H groups in total. The Balaban J connectivity index is 2.59. The molecule has 0 aliphatic heterocycles. The van der Waals surface area contributed by atoms with Crippen molar-refractivity contribution in [3.05, 3.63) is 0 Å². The molecule has 0 heterocycles. The van der Waals surface area contributed by atoms with E-state index in [2.05, 4.69) is 0 Å². The van der Waals surface area contributed by atoms with Gasteiger partial charge in [-0.3, -0.25) is 4.74 Å². The predicted molar refractivity (Wildman–Crippen MR) is 63.9 cm³/mol. The van der Waals surface area contributed by atoms with Gasteiger partial charge >= 0.3 is 76.2 Å².